The Morgan fingerprint density at radius 2 is 1.87 bits per heavy atom. The number of nitrogens with one attached hydrogen (secondary N) is 2. The molecular formula is C18H31IN4. The molecule has 0 radical (unpaired) electrons. The molecule has 0 amide bonds. The first-order chi connectivity index (χ1) is 10.6. The van der Waals surface area contributed by atoms with Crippen LogP contribution in [0.3, 0.4) is 0 Å². The molecule has 0 bridgehead atoms. The summed E-state index contributed by atoms with van der Waals surface area (Å²) < 4.78 is 0. The monoisotopic (exact) mass is 430 g/mol. The van der Waals surface area contributed by atoms with Gasteiger partial charge < -0.3 is 15.5 Å². The predicted octanol–water partition coefficient (Wildman–Crippen LogP) is 3.18. The fourth-order valence-electron chi connectivity index (χ4n) is 2.44. The van der Waals surface area contributed by atoms with Crippen LogP contribution in [-0.4, -0.2) is 44.6 Å². The first kappa shape index (κ1) is 20.2. The summed E-state index contributed by atoms with van der Waals surface area (Å²) in [6.45, 7) is 6.93. The fraction of sp³-hybridized carbons (Fsp3) is 0.611. The normalized spacial score (nSPS) is 16.0. The molecule has 130 valence electrons. The molecule has 0 saturated heterocycles. The van der Waals surface area contributed by atoms with Gasteiger partial charge in [-0.25, -0.2) is 0 Å². The summed E-state index contributed by atoms with van der Waals surface area (Å²) in [6, 6.07) is 9.06. The first-order valence-corrected chi connectivity index (χ1v) is 8.35. The summed E-state index contributed by atoms with van der Waals surface area (Å²) in [4.78, 5) is 7.02. The highest BCUT2D eigenvalue weighted by atomic mass is 127. The van der Waals surface area contributed by atoms with Crippen molar-refractivity contribution in [1.82, 2.24) is 15.5 Å². The zero-order valence-corrected chi connectivity index (χ0v) is 17.1. The minimum absolute atomic E-state index is 0. The van der Waals surface area contributed by atoms with Crippen molar-refractivity contribution in [3.8, 4) is 0 Å². The molecule has 23 heavy (non-hydrogen) atoms. The Morgan fingerprint density at radius 3 is 2.39 bits per heavy atom. The summed E-state index contributed by atoms with van der Waals surface area (Å²) in [5.74, 6) is 1.79. The second-order valence-electron chi connectivity index (χ2n) is 6.43. The summed E-state index contributed by atoms with van der Waals surface area (Å²) in [5, 5.41) is 6.80. The topological polar surface area (TPSA) is 39.7 Å². The van der Waals surface area contributed by atoms with Crippen LogP contribution in [0.25, 0.3) is 0 Å². The van der Waals surface area contributed by atoms with Gasteiger partial charge in [-0.15, -0.1) is 24.0 Å². The van der Waals surface area contributed by atoms with E-state index in [0.29, 0.717) is 6.04 Å². The van der Waals surface area contributed by atoms with E-state index in [2.05, 4.69) is 67.7 Å². The van der Waals surface area contributed by atoms with Gasteiger partial charge in [0.2, 0.25) is 0 Å². The zero-order valence-electron chi connectivity index (χ0n) is 14.8. The van der Waals surface area contributed by atoms with Crippen LogP contribution < -0.4 is 10.6 Å². The number of halogens is 1. The van der Waals surface area contributed by atoms with E-state index in [-0.39, 0.29) is 24.0 Å². The van der Waals surface area contributed by atoms with Crippen LogP contribution in [0.5, 0.6) is 0 Å². The molecule has 4 nitrogen and oxygen atoms in total. The van der Waals surface area contributed by atoms with Crippen LogP contribution in [-0.2, 0) is 0 Å². The Hall–Kier alpha value is -0.820. The van der Waals surface area contributed by atoms with Crippen molar-refractivity contribution in [3.05, 3.63) is 35.4 Å². The molecule has 1 aromatic carbocycles. The number of guanidine groups is 1. The lowest BCUT2D eigenvalue weighted by Gasteiger charge is -2.24. The van der Waals surface area contributed by atoms with Gasteiger partial charge in [-0.05, 0) is 52.3 Å². The molecule has 5 heteroatoms. The molecule has 1 fully saturated rings. The van der Waals surface area contributed by atoms with Crippen molar-refractivity contribution in [3.63, 3.8) is 0 Å². The lowest BCUT2D eigenvalue weighted by atomic mass is 10.0. The van der Waals surface area contributed by atoms with Crippen LogP contribution in [0, 0.1) is 12.8 Å². The smallest absolute Gasteiger partial charge is 0.191 e. The van der Waals surface area contributed by atoms with Gasteiger partial charge in [0.05, 0.1) is 12.6 Å². The highest BCUT2D eigenvalue weighted by molar-refractivity contribution is 14.0. The summed E-state index contributed by atoms with van der Waals surface area (Å²) in [5.41, 5.74) is 2.61. The molecule has 0 aliphatic heterocycles. The van der Waals surface area contributed by atoms with Crippen molar-refractivity contribution < 1.29 is 0 Å². The minimum atomic E-state index is 0. The van der Waals surface area contributed by atoms with E-state index in [4.69, 9.17) is 4.99 Å². The van der Waals surface area contributed by atoms with Crippen LogP contribution in [0.2, 0.25) is 0 Å². The Labute approximate surface area is 158 Å². The van der Waals surface area contributed by atoms with Crippen molar-refractivity contribution in [2.45, 2.75) is 32.7 Å². The second-order valence-corrected chi connectivity index (χ2v) is 6.43. The number of aryl methyl sites for hydroxylation is 1. The molecule has 1 aliphatic carbocycles. The quantitative estimate of drug-likeness (QED) is 0.397. The molecule has 0 spiro atoms. The minimum Gasteiger partial charge on any atom is -0.357 e. The number of hydrogen-bond acceptors (Lipinski definition) is 2. The van der Waals surface area contributed by atoms with Gasteiger partial charge in [-0.2, -0.15) is 0 Å². The number of hydrogen-bond donors (Lipinski definition) is 2. The molecule has 1 atom stereocenters. The second kappa shape index (κ2) is 10.1. The third-order valence-corrected chi connectivity index (χ3v) is 4.11. The SMILES string of the molecule is CCNC(=NCC(c1ccc(C)cc1)N(C)C)NCC1CC1.I. The van der Waals surface area contributed by atoms with Crippen molar-refractivity contribution in [2.75, 3.05) is 33.7 Å². The zero-order chi connectivity index (χ0) is 15.9. The van der Waals surface area contributed by atoms with E-state index in [0.717, 1.165) is 31.5 Å². The van der Waals surface area contributed by atoms with Gasteiger partial charge in [-0.3, -0.25) is 4.99 Å². The Kier molecular flexibility index (Phi) is 8.91. The number of rotatable bonds is 7. The average molecular weight is 430 g/mol. The average Bonchev–Trinajstić information content (AvgIpc) is 3.30. The van der Waals surface area contributed by atoms with Crippen LogP contribution in [0.1, 0.15) is 36.9 Å². The number of aliphatic imine (C=N–C) groups is 1. The van der Waals surface area contributed by atoms with Gasteiger partial charge in [0, 0.05) is 13.1 Å². The van der Waals surface area contributed by atoms with Gasteiger partial charge >= 0.3 is 0 Å². The molecule has 2 rings (SSSR count). The highest BCUT2D eigenvalue weighted by Crippen LogP contribution is 2.27. The van der Waals surface area contributed by atoms with E-state index >= 15 is 0 Å². The third-order valence-electron chi connectivity index (χ3n) is 4.11. The number of likely N-dealkylation sites (N-methyl/N-ethyl adjacent to an activating group) is 1. The molecule has 0 heterocycles. The van der Waals surface area contributed by atoms with Crippen molar-refractivity contribution in [2.24, 2.45) is 10.9 Å². The lowest BCUT2D eigenvalue weighted by Crippen LogP contribution is -2.39. The largest absolute Gasteiger partial charge is 0.357 e. The summed E-state index contributed by atoms with van der Waals surface area (Å²) >= 11 is 0. The number of benzene rings is 1. The predicted molar refractivity (Wildman–Crippen MR) is 110 cm³/mol. The van der Waals surface area contributed by atoms with E-state index in [1.54, 1.807) is 0 Å². The van der Waals surface area contributed by atoms with Crippen molar-refractivity contribution >= 4 is 29.9 Å². The molecule has 0 aromatic heterocycles. The molecule has 1 saturated carbocycles. The Balaban J connectivity index is 0.00000264. The first-order valence-electron chi connectivity index (χ1n) is 8.35. The summed E-state index contributed by atoms with van der Waals surface area (Å²) in [7, 11) is 4.23. The van der Waals surface area contributed by atoms with Crippen LogP contribution in [0.15, 0.2) is 29.3 Å². The molecule has 1 unspecified atom stereocenters. The molecule has 2 N–H and O–H groups in total. The van der Waals surface area contributed by atoms with Crippen LogP contribution >= 0.6 is 24.0 Å². The maximum absolute atomic E-state index is 4.79. The van der Waals surface area contributed by atoms with Crippen LogP contribution in [0.4, 0.5) is 0 Å². The van der Waals surface area contributed by atoms with E-state index in [1.807, 2.05) is 0 Å². The Morgan fingerprint density at radius 1 is 1.22 bits per heavy atom. The Bertz CT molecular complexity index is 480. The number of nitrogens with zero attached hydrogens (tertiary/aromatic N) is 2. The summed E-state index contributed by atoms with van der Waals surface area (Å²) in [6.07, 6.45) is 2.71. The van der Waals surface area contributed by atoms with Gasteiger partial charge in [0.1, 0.15) is 0 Å². The fourth-order valence-corrected chi connectivity index (χ4v) is 2.44. The highest BCUT2D eigenvalue weighted by Gasteiger charge is 2.21. The standard InChI is InChI=1S/C18H30N4.HI/c1-5-19-18(20-12-15-8-9-15)21-13-17(22(3)4)16-10-6-14(2)7-11-16;/h6-7,10-11,15,17H,5,8-9,12-13H2,1-4H3,(H2,19,20,21);1H. The maximum atomic E-state index is 4.79. The van der Waals surface area contributed by atoms with Gasteiger partial charge in [0.25, 0.3) is 0 Å². The lowest BCUT2D eigenvalue weighted by molar-refractivity contribution is 0.306. The third kappa shape index (κ3) is 7.08. The van der Waals surface area contributed by atoms with E-state index in [9.17, 15) is 0 Å². The molecule has 1 aliphatic rings. The maximum Gasteiger partial charge on any atom is 0.191 e. The van der Waals surface area contributed by atoms with Crippen molar-refractivity contribution in [1.29, 1.82) is 0 Å². The van der Waals surface area contributed by atoms with E-state index < -0.39 is 0 Å². The van der Waals surface area contributed by atoms with Gasteiger partial charge in [-0.1, -0.05) is 29.8 Å². The van der Waals surface area contributed by atoms with Gasteiger partial charge in [0.15, 0.2) is 5.96 Å². The van der Waals surface area contributed by atoms with E-state index in [1.165, 1.54) is 24.0 Å². The molecule has 1 aromatic rings. The molecular weight excluding hydrogens is 399 g/mol.